The first-order chi connectivity index (χ1) is 17.5. The molecule has 37 heavy (non-hydrogen) atoms. The third-order valence-electron chi connectivity index (χ3n) is 7.23. The van der Waals surface area contributed by atoms with E-state index < -0.39 is 18.1 Å². The van der Waals surface area contributed by atoms with E-state index in [4.69, 9.17) is 16.7 Å². The van der Waals surface area contributed by atoms with E-state index in [1.807, 2.05) is 4.90 Å². The molecule has 1 heterocycles. The van der Waals surface area contributed by atoms with Crippen molar-refractivity contribution in [1.82, 2.24) is 4.90 Å². The zero-order valence-electron chi connectivity index (χ0n) is 19.6. The molecule has 3 atom stereocenters. The highest BCUT2D eigenvalue weighted by atomic mass is 35.5. The summed E-state index contributed by atoms with van der Waals surface area (Å²) in [5.41, 5.74) is 1.50. The van der Waals surface area contributed by atoms with Crippen LogP contribution < -0.4 is 9.64 Å². The van der Waals surface area contributed by atoms with Gasteiger partial charge in [0.25, 0.3) is 5.91 Å². The summed E-state index contributed by atoms with van der Waals surface area (Å²) in [6.07, 6.45) is -2.05. The molecule has 7 nitrogen and oxygen atoms in total. The second kappa shape index (κ2) is 9.55. The molecule has 1 N–H and O–H groups in total. The Kier molecular flexibility index (Phi) is 6.55. The average molecular weight is 537 g/mol. The van der Waals surface area contributed by atoms with Gasteiger partial charge in [-0.05, 0) is 67.6 Å². The number of benzene rings is 2. The van der Waals surface area contributed by atoms with Crippen LogP contribution in [0.15, 0.2) is 42.5 Å². The highest BCUT2D eigenvalue weighted by Crippen LogP contribution is 2.55. The van der Waals surface area contributed by atoms with Gasteiger partial charge in [-0.15, -0.1) is 13.2 Å². The SMILES string of the molecule is O=C(O)CCC(=O)N(C1CC1)[C@@H]1c2ccc(Cl)cc2N(C(=O)c2ccc(OC(F)(F)F)cc2)[C@H]2CC[C@@H]12. The largest absolute Gasteiger partial charge is 0.573 e. The summed E-state index contributed by atoms with van der Waals surface area (Å²) in [5.74, 6) is -2.12. The Balaban J connectivity index is 1.49. The zero-order valence-corrected chi connectivity index (χ0v) is 20.3. The fraction of sp³-hybridized carbons (Fsp3) is 0.423. The smallest absolute Gasteiger partial charge is 0.481 e. The van der Waals surface area contributed by atoms with E-state index in [2.05, 4.69) is 4.74 Å². The third-order valence-corrected chi connectivity index (χ3v) is 7.47. The number of carbonyl (C=O) groups is 3. The number of carboxylic acids is 1. The van der Waals surface area contributed by atoms with Gasteiger partial charge in [-0.25, -0.2) is 0 Å². The van der Waals surface area contributed by atoms with Crippen molar-refractivity contribution >= 4 is 35.1 Å². The standard InChI is InChI=1S/C26H24ClF3N2O5/c27-15-3-8-19-21(13-15)32(25(36)14-1-6-17(7-2-14)37-26(28,29)30)20-10-9-18(20)24(19)31(16-4-5-16)22(33)11-12-23(34)35/h1-3,6-8,13,16,18,20,24H,4-5,9-12H2,(H,34,35)/t18-,20+,24+/m1/s1. The molecule has 2 amide bonds. The fourth-order valence-corrected chi connectivity index (χ4v) is 5.58. The lowest BCUT2D eigenvalue weighted by Gasteiger charge is -2.55. The van der Waals surface area contributed by atoms with Crippen LogP contribution in [0.3, 0.4) is 0 Å². The zero-order chi connectivity index (χ0) is 26.5. The molecule has 11 heteroatoms. The van der Waals surface area contributed by atoms with Gasteiger partial charge >= 0.3 is 12.3 Å². The van der Waals surface area contributed by atoms with Gasteiger partial charge in [-0.2, -0.15) is 0 Å². The van der Waals surface area contributed by atoms with Crippen molar-refractivity contribution in [3.05, 3.63) is 58.6 Å². The third kappa shape index (κ3) is 5.12. The first-order valence-electron chi connectivity index (χ1n) is 12.1. The number of amides is 2. The Morgan fingerprint density at radius 1 is 1.03 bits per heavy atom. The van der Waals surface area contributed by atoms with Gasteiger partial charge in [0, 0.05) is 35.0 Å². The van der Waals surface area contributed by atoms with Crippen LogP contribution in [0.4, 0.5) is 18.9 Å². The number of ether oxygens (including phenoxy) is 1. The van der Waals surface area contributed by atoms with E-state index in [-0.39, 0.29) is 54.3 Å². The highest BCUT2D eigenvalue weighted by Gasteiger charge is 2.53. The van der Waals surface area contributed by atoms with Gasteiger partial charge in [0.2, 0.25) is 5.91 Å². The van der Waals surface area contributed by atoms with Gasteiger partial charge in [-0.1, -0.05) is 17.7 Å². The summed E-state index contributed by atoms with van der Waals surface area (Å²) in [5, 5.41) is 9.49. The monoisotopic (exact) mass is 536 g/mol. The molecular formula is C26H24ClF3N2O5. The van der Waals surface area contributed by atoms with Crippen molar-refractivity contribution in [3.63, 3.8) is 0 Å². The summed E-state index contributed by atoms with van der Waals surface area (Å²) in [7, 11) is 0. The molecule has 0 spiro atoms. The molecule has 2 aromatic carbocycles. The second-order valence-corrected chi connectivity index (χ2v) is 10.1. The van der Waals surface area contributed by atoms with E-state index in [0.717, 1.165) is 37.0 Å². The number of aliphatic carboxylic acids is 1. The van der Waals surface area contributed by atoms with Gasteiger partial charge in [0.15, 0.2) is 0 Å². The maximum absolute atomic E-state index is 13.7. The number of anilines is 1. The van der Waals surface area contributed by atoms with Crippen molar-refractivity contribution < 1.29 is 37.4 Å². The average Bonchev–Trinajstić information content (AvgIpc) is 3.63. The van der Waals surface area contributed by atoms with Crippen LogP contribution in [0.5, 0.6) is 5.75 Å². The van der Waals surface area contributed by atoms with Crippen molar-refractivity contribution in [1.29, 1.82) is 0 Å². The molecule has 0 aromatic heterocycles. The predicted molar refractivity (Wildman–Crippen MR) is 127 cm³/mol. The predicted octanol–water partition coefficient (Wildman–Crippen LogP) is 5.57. The van der Waals surface area contributed by atoms with Crippen LogP contribution in [0.1, 0.15) is 60.5 Å². The van der Waals surface area contributed by atoms with E-state index >= 15 is 0 Å². The van der Waals surface area contributed by atoms with Crippen molar-refractivity contribution in [3.8, 4) is 5.75 Å². The maximum Gasteiger partial charge on any atom is 0.573 e. The minimum absolute atomic E-state index is 0.0273. The molecule has 0 radical (unpaired) electrons. The minimum atomic E-state index is -4.84. The molecule has 2 saturated carbocycles. The van der Waals surface area contributed by atoms with Crippen LogP contribution in [0.25, 0.3) is 0 Å². The molecule has 2 aromatic rings. The van der Waals surface area contributed by atoms with E-state index in [1.165, 1.54) is 12.1 Å². The number of hydrogen-bond donors (Lipinski definition) is 1. The lowest BCUT2D eigenvalue weighted by Crippen LogP contribution is -2.59. The summed E-state index contributed by atoms with van der Waals surface area (Å²) in [6.45, 7) is 0. The summed E-state index contributed by atoms with van der Waals surface area (Å²) in [4.78, 5) is 41.4. The fourth-order valence-electron chi connectivity index (χ4n) is 5.42. The molecule has 1 aliphatic heterocycles. The van der Waals surface area contributed by atoms with E-state index in [1.54, 1.807) is 23.1 Å². The first kappa shape index (κ1) is 25.4. The molecule has 3 aliphatic rings. The summed E-state index contributed by atoms with van der Waals surface area (Å²) in [6, 6.07) is 9.43. The van der Waals surface area contributed by atoms with Crippen LogP contribution >= 0.6 is 11.6 Å². The lowest BCUT2D eigenvalue weighted by atomic mass is 9.67. The molecule has 2 fully saturated rings. The highest BCUT2D eigenvalue weighted by molar-refractivity contribution is 6.31. The summed E-state index contributed by atoms with van der Waals surface area (Å²) < 4.78 is 41.5. The number of alkyl halides is 3. The number of nitrogens with zero attached hydrogens (tertiary/aromatic N) is 2. The second-order valence-electron chi connectivity index (χ2n) is 9.63. The quantitative estimate of drug-likeness (QED) is 0.499. The van der Waals surface area contributed by atoms with Gasteiger partial charge in [0.1, 0.15) is 5.75 Å². The Hall–Kier alpha value is -3.27. The Morgan fingerprint density at radius 2 is 1.73 bits per heavy atom. The topological polar surface area (TPSA) is 87.2 Å². The normalized spacial score (nSPS) is 22.4. The van der Waals surface area contributed by atoms with E-state index in [0.29, 0.717) is 17.1 Å². The molecule has 5 rings (SSSR count). The molecular weight excluding hydrogens is 513 g/mol. The first-order valence-corrected chi connectivity index (χ1v) is 12.4. The van der Waals surface area contributed by atoms with Gasteiger partial charge in [-0.3, -0.25) is 14.4 Å². The number of hydrogen-bond acceptors (Lipinski definition) is 4. The molecule has 0 unspecified atom stereocenters. The molecule has 2 aliphatic carbocycles. The number of carbonyl (C=O) groups excluding carboxylic acids is 2. The van der Waals surface area contributed by atoms with Crippen LogP contribution in [0.2, 0.25) is 5.02 Å². The number of carboxylic acid groups (broad SMARTS) is 1. The lowest BCUT2D eigenvalue weighted by molar-refractivity contribution is -0.274. The maximum atomic E-state index is 13.7. The minimum Gasteiger partial charge on any atom is -0.481 e. The number of rotatable bonds is 7. The Labute approximate surface area is 215 Å². The van der Waals surface area contributed by atoms with Crippen LogP contribution in [-0.4, -0.2) is 46.2 Å². The Bertz CT molecular complexity index is 1230. The van der Waals surface area contributed by atoms with Gasteiger partial charge in [0.05, 0.1) is 18.2 Å². The van der Waals surface area contributed by atoms with Crippen LogP contribution in [-0.2, 0) is 9.59 Å². The number of fused-ring (bicyclic) bond motifs is 2. The van der Waals surface area contributed by atoms with Crippen molar-refractivity contribution in [2.24, 2.45) is 5.92 Å². The Morgan fingerprint density at radius 3 is 2.30 bits per heavy atom. The molecule has 196 valence electrons. The van der Waals surface area contributed by atoms with Crippen molar-refractivity contribution in [2.75, 3.05) is 4.90 Å². The van der Waals surface area contributed by atoms with E-state index in [9.17, 15) is 27.6 Å². The molecule has 0 saturated heterocycles. The summed E-state index contributed by atoms with van der Waals surface area (Å²) >= 11 is 6.32. The number of halogens is 4. The molecule has 0 bridgehead atoms. The van der Waals surface area contributed by atoms with Crippen LogP contribution in [0, 0.1) is 5.92 Å². The van der Waals surface area contributed by atoms with Gasteiger partial charge < -0.3 is 19.6 Å². The van der Waals surface area contributed by atoms with Crippen molar-refractivity contribution in [2.45, 2.75) is 63.0 Å².